The summed E-state index contributed by atoms with van der Waals surface area (Å²) in [4.78, 5) is 0. The fourth-order valence-electron chi connectivity index (χ4n) is 2.06. The normalized spacial score (nSPS) is 10.8. The fourth-order valence-corrected chi connectivity index (χ4v) is 2.66. The monoisotopic (exact) mass is 366 g/mol. The summed E-state index contributed by atoms with van der Waals surface area (Å²) in [7, 11) is 0. The Kier molecular flexibility index (Phi) is 3.69. The van der Waals surface area contributed by atoms with E-state index in [1.54, 1.807) is 6.07 Å². The molecule has 21 heavy (non-hydrogen) atoms. The van der Waals surface area contributed by atoms with Gasteiger partial charge in [0.05, 0.1) is 10.6 Å². The Morgan fingerprint density at radius 1 is 1.19 bits per heavy atom. The highest BCUT2D eigenvalue weighted by Crippen LogP contribution is 2.40. The molecule has 0 atom stereocenters. The van der Waals surface area contributed by atoms with Crippen molar-refractivity contribution < 1.29 is 8.91 Å². The molecule has 0 spiro atoms. The van der Waals surface area contributed by atoms with Crippen LogP contribution in [0.15, 0.2) is 51.5 Å². The van der Waals surface area contributed by atoms with Gasteiger partial charge in [0.2, 0.25) is 0 Å². The minimum absolute atomic E-state index is 0.0497. The van der Waals surface area contributed by atoms with E-state index in [2.05, 4.69) is 21.1 Å². The number of benzene rings is 2. The van der Waals surface area contributed by atoms with Gasteiger partial charge in [-0.3, -0.25) is 0 Å². The maximum atomic E-state index is 13.7. The Morgan fingerprint density at radius 2 is 1.95 bits per heavy atom. The Bertz CT molecular complexity index is 819. The summed E-state index contributed by atoms with van der Waals surface area (Å²) < 4.78 is 19.8. The standard InChI is InChI=1S/C15H9BrClFN2O/c16-10-4-2-1-3-9(10)13-14(21-20-15(13)19)8-5-6-11(17)12(18)7-8/h1-7H,(H2,19,20). The molecule has 3 rings (SSSR count). The first kappa shape index (κ1) is 14.1. The van der Waals surface area contributed by atoms with Crippen molar-refractivity contribution >= 4 is 33.3 Å². The van der Waals surface area contributed by atoms with E-state index in [0.717, 1.165) is 10.0 Å². The quantitative estimate of drug-likeness (QED) is 0.682. The Hall–Kier alpha value is -1.85. The number of nitrogen functional groups attached to an aromatic ring is 1. The first-order valence-corrected chi connectivity index (χ1v) is 7.20. The predicted octanol–water partition coefficient (Wildman–Crippen LogP) is 5.15. The summed E-state index contributed by atoms with van der Waals surface area (Å²) in [6, 6.07) is 11.9. The van der Waals surface area contributed by atoms with Crippen molar-refractivity contribution in [2.75, 3.05) is 5.73 Å². The van der Waals surface area contributed by atoms with Gasteiger partial charge in [0.15, 0.2) is 11.6 Å². The summed E-state index contributed by atoms with van der Waals surface area (Å²) in [5, 5.41) is 3.84. The molecule has 6 heteroatoms. The Labute approximate surface area is 133 Å². The van der Waals surface area contributed by atoms with Gasteiger partial charge in [-0.05, 0) is 24.3 Å². The van der Waals surface area contributed by atoms with Crippen molar-refractivity contribution in [2.45, 2.75) is 0 Å². The molecule has 0 fully saturated rings. The van der Waals surface area contributed by atoms with Crippen molar-refractivity contribution in [2.24, 2.45) is 0 Å². The molecule has 106 valence electrons. The van der Waals surface area contributed by atoms with Crippen LogP contribution in [0.5, 0.6) is 0 Å². The third kappa shape index (κ3) is 2.54. The number of nitrogens with zero attached hydrogens (tertiary/aromatic N) is 1. The van der Waals surface area contributed by atoms with Gasteiger partial charge in [-0.1, -0.05) is 50.9 Å². The van der Waals surface area contributed by atoms with Crippen LogP contribution < -0.4 is 5.73 Å². The second-order valence-corrected chi connectivity index (χ2v) is 5.64. The molecule has 2 aromatic carbocycles. The highest BCUT2D eigenvalue weighted by atomic mass is 79.9. The Morgan fingerprint density at radius 3 is 2.67 bits per heavy atom. The SMILES string of the molecule is Nc1noc(-c2ccc(Cl)c(F)c2)c1-c1ccccc1Br. The summed E-state index contributed by atoms with van der Waals surface area (Å²) in [5.74, 6) is 0.115. The van der Waals surface area contributed by atoms with Crippen LogP contribution in [0.4, 0.5) is 10.2 Å². The highest BCUT2D eigenvalue weighted by Gasteiger charge is 2.20. The molecule has 0 aliphatic rings. The zero-order valence-corrected chi connectivity index (χ0v) is 13.0. The zero-order valence-electron chi connectivity index (χ0n) is 10.6. The van der Waals surface area contributed by atoms with Crippen molar-refractivity contribution in [1.29, 1.82) is 0 Å². The predicted molar refractivity (Wildman–Crippen MR) is 84.5 cm³/mol. The average molecular weight is 368 g/mol. The third-order valence-corrected chi connectivity index (χ3v) is 4.04. The molecule has 0 bridgehead atoms. The van der Waals surface area contributed by atoms with E-state index in [-0.39, 0.29) is 10.8 Å². The van der Waals surface area contributed by atoms with Crippen LogP contribution >= 0.6 is 27.5 Å². The van der Waals surface area contributed by atoms with E-state index >= 15 is 0 Å². The van der Waals surface area contributed by atoms with Gasteiger partial charge in [0.25, 0.3) is 0 Å². The summed E-state index contributed by atoms with van der Waals surface area (Å²) in [6.45, 7) is 0. The van der Waals surface area contributed by atoms with E-state index in [1.165, 1.54) is 12.1 Å². The molecule has 0 aliphatic carbocycles. The topological polar surface area (TPSA) is 52.0 Å². The van der Waals surface area contributed by atoms with E-state index in [4.69, 9.17) is 21.9 Å². The molecule has 1 heterocycles. The summed E-state index contributed by atoms with van der Waals surface area (Å²) in [5.41, 5.74) is 7.86. The lowest BCUT2D eigenvalue weighted by Gasteiger charge is -2.05. The average Bonchev–Trinajstić information content (AvgIpc) is 2.84. The van der Waals surface area contributed by atoms with Gasteiger partial charge in [-0.15, -0.1) is 0 Å². The van der Waals surface area contributed by atoms with Crippen LogP contribution in [0.25, 0.3) is 22.5 Å². The van der Waals surface area contributed by atoms with E-state index in [1.807, 2.05) is 24.3 Å². The van der Waals surface area contributed by atoms with Crippen molar-refractivity contribution in [3.63, 3.8) is 0 Å². The molecule has 0 unspecified atom stereocenters. The number of nitrogens with two attached hydrogens (primary N) is 1. The number of aromatic nitrogens is 1. The van der Waals surface area contributed by atoms with E-state index in [0.29, 0.717) is 16.9 Å². The number of halogens is 3. The second kappa shape index (κ2) is 5.50. The molecule has 0 amide bonds. The first-order chi connectivity index (χ1) is 10.1. The summed E-state index contributed by atoms with van der Waals surface area (Å²) >= 11 is 9.17. The largest absolute Gasteiger partial charge is 0.380 e. The van der Waals surface area contributed by atoms with Crippen molar-refractivity contribution in [1.82, 2.24) is 5.16 Å². The lowest BCUT2D eigenvalue weighted by Crippen LogP contribution is -1.90. The molecule has 0 radical (unpaired) electrons. The number of hydrogen-bond acceptors (Lipinski definition) is 3. The molecule has 0 aliphatic heterocycles. The van der Waals surface area contributed by atoms with Crippen LogP contribution in [0, 0.1) is 5.82 Å². The fraction of sp³-hybridized carbons (Fsp3) is 0. The Balaban J connectivity index is 2.22. The molecular weight excluding hydrogens is 359 g/mol. The van der Waals surface area contributed by atoms with E-state index < -0.39 is 5.82 Å². The van der Waals surface area contributed by atoms with Crippen LogP contribution in [0.1, 0.15) is 0 Å². The minimum atomic E-state index is -0.526. The smallest absolute Gasteiger partial charge is 0.177 e. The van der Waals surface area contributed by atoms with Gasteiger partial charge in [0.1, 0.15) is 5.82 Å². The molecule has 3 nitrogen and oxygen atoms in total. The van der Waals surface area contributed by atoms with Crippen molar-refractivity contribution in [3.05, 3.63) is 57.8 Å². The maximum Gasteiger partial charge on any atom is 0.177 e. The number of rotatable bonds is 2. The first-order valence-electron chi connectivity index (χ1n) is 6.03. The van der Waals surface area contributed by atoms with Gasteiger partial charge in [0, 0.05) is 15.6 Å². The zero-order chi connectivity index (χ0) is 15.0. The highest BCUT2D eigenvalue weighted by molar-refractivity contribution is 9.10. The van der Waals surface area contributed by atoms with Gasteiger partial charge >= 0.3 is 0 Å². The van der Waals surface area contributed by atoms with Crippen molar-refractivity contribution in [3.8, 4) is 22.5 Å². The molecule has 0 saturated heterocycles. The molecule has 1 aromatic heterocycles. The third-order valence-electron chi connectivity index (χ3n) is 3.04. The van der Waals surface area contributed by atoms with Gasteiger partial charge in [-0.2, -0.15) is 0 Å². The molecule has 2 N–H and O–H groups in total. The summed E-state index contributed by atoms with van der Waals surface area (Å²) in [6.07, 6.45) is 0. The van der Waals surface area contributed by atoms with Crippen LogP contribution in [-0.4, -0.2) is 5.16 Å². The molecule has 3 aromatic rings. The second-order valence-electron chi connectivity index (χ2n) is 4.38. The van der Waals surface area contributed by atoms with Crippen LogP contribution in [0.2, 0.25) is 5.02 Å². The number of anilines is 1. The lowest BCUT2D eigenvalue weighted by atomic mass is 10.0. The lowest BCUT2D eigenvalue weighted by molar-refractivity contribution is 0.436. The van der Waals surface area contributed by atoms with Crippen LogP contribution in [0.3, 0.4) is 0 Å². The molecule has 0 saturated carbocycles. The van der Waals surface area contributed by atoms with Gasteiger partial charge < -0.3 is 10.3 Å². The van der Waals surface area contributed by atoms with Crippen LogP contribution in [-0.2, 0) is 0 Å². The molecular formula is C15H9BrClFN2O. The maximum absolute atomic E-state index is 13.7. The minimum Gasteiger partial charge on any atom is -0.380 e. The van der Waals surface area contributed by atoms with Gasteiger partial charge in [-0.25, -0.2) is 4.39 Å². The number of hydrogen-bond donors (Lipinski definition) is 1. The van der Waals surface area contributed by atoms with E-state index in [9.17, 15) is 4.39 Å².